The number of fused-ring (bicyclic) bond motifs is 1. The van der Waals surface area contributed by atoms with Crippen LogP contribution >= 0.6 is 0 Å². The van der Waals surface area contributed by atoms with Gasteiger partial charge in [-0.2, -0.15) is 0 Å². The first kappa shape index (κ1) is 33.1. The molecule has 0 bridgehead atoms. The molecule has 0 spiro atoms. The molecule has 0 saturated heterocycles. The van der Waals surface area contributed by atoms with Gasteiger partial charge in [-0.05, 0) is 81.2 Å². The highest BCUT2D eigenvalue weighted by Crippen LogP contribution is 2.28. The van der Waals surface area contributed by atoms with Crippen LogP contribution in [0, 0.1) is 5.82 Å². The molecule has 3 aromatic carbocycles. The molecular formula is C33H41FN4O5. The molecule has 0 saturated carbocycles. The van der Waals surface area contributed by atoms with E-state index in [-0.39, 0.29) is 16.9 Å². The van der Waals surface area contributed by atoms with Gasteiger partial charge in [-0.15, -0.1) is 0 Å². The molecule has 230 valence electrons. The summed E-state index contributed by atoms with van der Waals surface area (Å²) in [4.78, 5) is 25.6. The molecule has 0 fully saturated rings. The highest BCUT2D eigenvalue weighted by atomic mass is 19.1. The standard InChI is InChI=1S/C19H24N2O3.C14H17FN2O2/c1-19(2,12-20)14-6-8-15(9-7-14)21-18(22)13-5-10-16(23-3)17(11-13)24-4;1-16(2)6-3-7-17-9-12(14(18)19)11-8-10(15)4-5-13(11)17/h5-11H,12,20H2,1-4H3,(H,21,22);4-5,8-9H,3,6-7H2,1-2H3,(H,18,19). The number of aromatic carboxylic acids is 1. The Hall–Kier alpha value is -4.41. The summed E-state index contributed by atoms with van der Waals surface area (Å²) >= 11 is 0. The van der Waals surface area contributed by atoms with E-state index in [0.717, 1.165) is 29.7 Å². The number of nitrogens with zero attached hydrogens (tertiary/aromatic N) is 2. The average molecular weight is 593 g/mol. The van der Waals surface area contributed by atoms with Crippen LogP contribution in [0.15, 0.2) is 66.9 Å². The van der Waals surface area contributed by atoms with Gasteiger partial charge in [0.2, 0.25) is 0 Å². The van der Waals surface area contributed by atoms with Crippen molar-refractivity contribution in [2.75, 3.05) is 46.7 Å². The molecule has 4 N–H and O–H groups in total. The van der Waals surface area contributed by atoms with Crippen molar-refractivity contribution in [3.8, 4) is 11.5 Å². The third kappa shape index (κ3) is 8.56. The van der Waals surface area contributed by atoms with Gasteiger partial charge in [0, 0.05) is 46.9 Å². The number of carboxylic acid groups (broad SMARTS) is 1. The summed E-state index contributed by atoms with van der Waals surface area (Å²) in [5.41, 5.74) is 8.98. The van der Waals surface area contributed by atoms with Crippen molar-refractivity contribution in [2.24, 2.45) is 5.73 Å². The summed E-state index contributed by atoms with van der Waals surface area (Å²) in [6.45, 7) is 6.37. The number of rotatable bonds is 11. The quantitative estimate of drug-likeness (QED) is 0.207. The van der Waals surface area contributed by atoms with Gasteiger partial charge in [-0.1, -0.05) is 26.0 Å². The van der Waals surface area contributed by atoms with Gasteiger partial charge in [0.15, 0.2) is 11.5 Å². The lowest BCUT2D eigenvalue weighted by Crippen LogP contribution is -2.27. The molecular weight excluding hydrogens is 551 g/mol. The summed E-state index contributed by atoms with van der Waals surface area (Å²) in [7, 11) is 7.08. The monoisotopic (exact) mass is 592 g/mol. The number of amides is 1. The molecule has 0 radical (unpaired) electrons. The highest BCUT2D eigenvalue weighted by Gasteiger charge is 2.18. The average Bonchev–Trinajstić information content (AvgIpc) is 3.34. The van der Waals surface area contributed by atoms with E-state index in [4.69, 9.17) is 20.3 Å². The Morgan fingerprint density at radius 2 is 1.67 bits per heavy atom. The van der Waals surface area contributed by atoms with E-state index < -0.39 is 11.8 Å². The number of nitrogens with two attached hydrogens (primary N) is 1. The fraction of sp³-hybridized carbons (Fsp3) is 0.333. The lowest BCUT2D eigenvalue weighted by Gasteiger charge is -2.23. The number of carboxylic acids is 1. The van der Waals surface area contributed by atoms with E-state index >= 15 is 0 Å². The van der Waals surface area contributed by atoms with E-state index in [1.54, 1.807) is 37.6 Å². The first-order valence-electron chi connectivity index (χ1n) is 13.9. The number of hydrogen-bond acceptors (Lipinski definition) is 6. The number of carbonyl (C=O) groups excluding carboxylic acids is 1. The molecule has 1 amide bonds. The molecule has 1 heterocycles. The topological polar surface area (TPSA) is 119 Å². The van der Waals surface area contributed by atoms with Crippen LogP contribution in [0.25, 0.3) is 10.9 Å². The van der Waals surface area contributed by atoms with Gasteiger partial charge in [0.1, 0.15) is 5.82 Å². The van der Waals surface area contributed by atoms with Crippen molar-refractivity contribution < 1.29 is 28.6 Å². The molecule has 9 nitrogen and oxygen atoms in total. The number of benzene rings is 3. The minimum atomic E-state index is -1.03. The van der Waals surface area contributed by atoms with Crippen molar-refractivity contribution in [1.82, 2.24) is 9.47 Å². The van der Waals surface area contributed by atoms with Crippen molar-refractivity contribution in [3.63, 3.8) is 0 Å². The Labute approximate surface area is 252 Å². The van der Waals surface area contributed by atoms with Crippen LogP contribution in [-0.2, 0) is 12.0 Å². The highest BCUT2D eigenvalue weighted by molar-refractivity contribution is 6.05. The maximum atomic E-state index is 13.2. The minimum Gasteiger partial charge on any atom is -0.493 e. The van der Waals surface area contributed by atoms with Crippen molar-refractivity contribution in [3.05, 3.63) is 89.4 Å². The Balaban J connectivity index is 0.000000242. The molecule has 0 atom stereocenters. The minimum absolute atomic E-state index is 0.0914. The molecule has 1 aromatic heterocycles. The molecule has 10 heteroatoms. The molecule has 0 aliphatic rings. The fourth-order valence-corrected chi connectivity index (χ4v) is 4.49. The smallest absolute Gasteiger partial charge is 0.337 e. The maximum Gasteiger partial charge on any atom is 0.337 e. The van der Waals surface area contributed by atoms with Crippen LogP contribution in [0.1, 0.15) is 46.5 Å². The zero-order chi connectivity index (χ0) is 31.7. The van der Waals surface area contributed by atoms with E-state index in [2.05, 4.69) is 24.1 Å². The number of hydrogen-bond donors (Lipinski definition) is 3. The largest absolute Gasteiger partial charge is 0.493 e. The van der Waals surface area contributed by atoms with E-state index in [1.807, 2.05) is 42.9 Å². The Morgan fingerprint density at radius 1 is 1.00 bits per heavy atom. The van der Waals surface area contributed by atoms with E-state index in [1.165, 1.54) is 19.2 Å². The van der Waals surface area contributed by atoms with Crippen LogP contribution in [-0.4, -0.2) is 67.9 Å². The lowest BCUT2D eigenvalue weighted by molar-refractivity contribution is 0.0698. The first-order valence-corrected chi connectivity index (χ1v) is 13.9. The second-order valence-corrected chi connectivity index (χ2v) is 11.0. The fourth-order valence-electron chi connectivity index (χ4n) is 4.49. The number of carbonyl (C=O) groups is 2. The van der Waals surface area contributed by atoms with Crippen LogP contribution in [0.2, 0.25) is 0 Å². The number of methoxy groups -OCH3 is 2. The Bertz CT molecular complexity index is 1550. The summed E-state index contributed by atoms with van der Waals surface area (Å²) in [5.74, 6) is -0.544. The number of aryl methyl sites for hydroxylation is 1. The predicted molar refractivity (Wildman–Crippen MR) is 168 cm³/mol. The molecule has 43 heavy (non-hydrogen) atoms. The Kier molecular flexibility index (Phi) is 11.3. The molecule has 0 aliphatic carbocycles. The zero-order valence-corrected chi connectivity index (χ0v) is 25.6. The van der Waals surface area contributed by atoms with Gasteiger partial charge < -0.3 is 35.1 Å². The van der Waals surface area contributed by atoms with Crippen LogP contribution < -0.4 is 20.5 Å². The van der Waals surface area contributed by atoms with E-state index in [9.17, 15) is 14.0 Å². The number of anilines is 1. The number of ether oxygens (including phenoxy) is 2. The third-order valence-corrected chi connectivity index (χ3v) is 7.16. The van der Waals surface area contributed by atoms with Gasteiger partial charge in [0.25, 0.3) is 5.91 Å². The summed E-state index contributed by atoms with van der Waals surface area (Å²) < 4.78 is 25.5. The molecule has 0 aliphatic heterocycles. The van der Waals surface area contributed by atoms with Crippen LogP contribution in [0.4, 0.5) is 10.1 Å². The predicted octanol–water partition coefficient (Wildman–Crippen LogP) is 5.62. The molecule has 4 aromatic rings. The van der Waals surface area contributed by atoms with Crippen LogP contribution in [0.3, 0.4) is 0 Å². The SMILES string of the molecule is CN(C)CCCn1cc(C(=O)O)c2cc(F)ccc21.COc1ccc(C(=O)Nc2ccc(C(C)(C)CN)cc2)cc1OC. The maximum absolute atomic E-state index is 13.2. The number of halogens is 1. The zero-order valence-electron chi connectivity index (χ0n) is 25.6. The van der Waals surface area contributed by atoms with Gasteiger partial charge >= 0.3 is 5.97 Å². The Morgan fingerprint density at radius 3 is 2.26 bits per heavy atom. The molecule has 0 unspecified atom stereocenters. The first-order chi connectivity index (χ1) is 20.4. The lowest BCUT2D eigenvalue weighted by atomic mass is 9.85. The molecule has 4 rings (SSSR count). The third-order valence-electron chi connectivity index (χ3n) is 7.16. The second kappa shape index (κ2) is 14.7. The summed E-state index contributed by atoms with van der Waals surface area (Å²) in [5, 5.41) is 12.5. The number of aromatic nitrogens is 1. The number of nitrogens with one attached hydrogen (secondary N) is 1. The van der Waals surface area contributed by atoms with Crippen molar-refractivity contribution in [1.29, 1.82) is 0 Å². The van der Waals surface area contributed by atoms with E-state index in [0.29, 0.717) is 35.5 Å². The second-order valence-electron chi connectivity index (χ2n) is 11.0. The summed E-state index contributed by atoms with van der Waals surface area (Å²) in [6, 6.07) is 17.1. The van der Waals surface area contributed by atoms with Crippen molar-refractivity contribution >= 4 is 28.5 Å². The van der Waals surface area contributed by atoms with Crippen molar-refractivity contribution in [2.45, 2.75) is 32.2 Å². The summed E-state index contributed by atoms with van der Waals surface area (Å²) in [6.07, 6.45) is 2.50. The van der Waals surface area contributed by atoms with Crippen LogP contribution in [0.5, 0.6) is 11.5 Å². The van der Waals surface area contributed by atoms with Gasteiger partial charge in [-0.3, -0.25) is 4.79 Å². The van der Waals surface area contributed by atoms with Gasteiger partial charge in [-0.25, -0.2) is 9.18 Å². The van der Waals surface area contributed by atoms with Gasteiger partial charge in [0.05, 0.1) is 19.8 Å². The normalized spacial score (nSPS) is 11.2.